The van der Waals surface area contributed by atoms with Gasteiger partial charge >= 0.3 is 0 Å². The van der Waals surface area contributed by atoms with Gasteiger partial charge in [0.1, 0.15) is 0 Å². The first-order valence-electron chi connectivity index (χ1n) is 12.2. The van der Waals surface area contributed by atoms with Crippen molar-refractivity contribution in [2.75, 3.05) is 6.54 Å². The zero-order chi connectivity index (χ0) is 21.2. The van der Waals surface area contributed by atoms with Gasteiger partial charge < -0.3 is 15.5 Å². The molecule has 3 nitrogen and oxygen atoms in total. The number of rotatable bonds is 2. The van der Waals surface area contributed by atoms with Crippen LogP contribution in [0.3, 0.4) is 0 Å². The molecule has 0 bridgehead atoms. The zero-order valence-corrected chi connectivity index (χ0v) is 19.1. The monoisotopic (exact) mass is 409 g/mol. The molecular formula is C27H39NO2. The lowest BCUT2D eigenvalue weighted by Crippen LogP contribution is -2.50. The highest BCUT2D eigenvalue weighted by Crippen LogP contribution is 2.60. The van der Waals surface area contributed by atoms with Crippen molar-refractivity contribution in [2.45, 2.75) is 96.3 Å². The number of aliphatic hydroxyl groups excluding tert-OH is 2. The van der Waals surface area contributed by atoms with Crippen LogP contribution in [-0.2, 0) is 6.42 Å². The minimum absolute atomic E-state index is 0.143. The van der Waals surface area contributed by atoms with Crippen LogP contribution in [0.5, 0.6) is 0 Å². The fourth-order valence-corrected chi connectivity index (χ4v) is 7.49. The van der Waals surface area contributed by atoms with Crippen LogP contribution in [0.2, 0.25) is 0 Å². The summed E-state index contributed by atoms with van der Waals surface area (Å²) in [5, 5.41) is 24.6. The van der Waals surface area contributed by atoms with Crippen LogP contribution in [0, 0.1) is 24.2 Å². The fraction of sp³-hybridized carbons (Fsp3) is 0.704. The Hall–Kier alpha value is -1.16. The molecule has 4 aliphatic rings. The number of benzene rings is 1. The first-order valence-corrected chi connectivity index (χ1v) is 12.2. The van der Waals surface area contributed by atoms with Gasteiger partial charge in [0.2, 0.25) is 0 Å². The number of piperidine rings is 1. The van der Waals surface area contributed by atoms with Gasteiger partial charge in [0, 0.05) is 6.04 Å². The largest absolute Gasteiger partial charge is 0.393 e. The molecule has 1 unspecified atom stereocenters. The normalized spacial score (nSPS) is 41.5. The van der Waals surface area contributed by atoms with Gasteiger partial charge in [0.05, 0.1) is 12.2 Å². The van der Waals surface area contributed by atoms with Crippen molar-refractivity contribution in [3.63, 3.8) is 0 Å². The van der Waals surface area contributed by atoms with E-state index < -0.39 is 0 Å². The Labute approximate surface area is 182 Å². The van der Waals surface area contributed by atoms with E-state index in [0.29, 0.717) is 23.7 Å². The Kier molecular flexibility index (Phi) is 5.16. The van der Waals surface area contributed by atoms with Gasteiger partial charge in [-0.3, -0.25) is 0 Å². The smallest absolute Gasteiger partial charge is 0.0702 e. The highest BCUT2D eigenvalue weighted by molar-refractivity contribution is 5.49. The average Bonchev–Trinajstić information content (AvgIpc) is 3.09. The molecule has 0 aromatic heterocycles. The number of nitrogens with one attached hydrogen (secondary N) is 1. The molecule has 2 fully saturated rings. The third-order valence-electron chi connectivity index (χ3n) is 9.40. The molecule has 1 aromatic rings. The van der Waals surface area contributed by atoms with Gasteiger partial charge in [0.15, 0.2) is 0 Å². The van der Waals surface area contributed by atoms with Crippen LogP contribution in [0.25, 0.3) is 0 Å². The van der Waals surface area contributed by atoms with Crippen LogP contribution < -0.4 is 5.32 Å². The van der Waals surface area contributed by atoms with Gasteiger partial charge in [-0.15, -0.1) is 0 Å². The van der Waals surface area contributed by atoms with E-state index >= 15 is 0 Å². The molecule has 0 amide bonds. The number of fused-ring (bicyclic) bond motifs is 5. The van der Waals surface area contributed by atoms with E-state index in [1.807, 2.05) is 0 Å². The van der Waals surface area contributed by atoms with Crippen LogP contribution in [0.1, 0.15) is 87.0 Å². The third kappa shape index (κ3) is 3.12. The molecule has 30 heavy (non-hydrogen) atoms. The molecule has 1 saturated heterocycles. The third-order valence-corrected chi connectivity index (χ3v) is 9.40. The van der Waals surface area contributed by atoms with Crippen molar-refractivity contribution in [2.24, 2.45) is 17.3 Å². The standard InChI is InChI=1S/C27H39NO2/c1-15-11-25(30)26(28-14-15)17(3)20-7-8-21-22-6-5-18-12-19(29)9-10-27(18,4)24(22)13-23(21)16(20)2/h5,7-8,15,17,19,22,24-26,28-30H,6,9-14H2,1-4H3/t15-,17-,19-,22-,24-,25+,26?,27-/m0/s1. The molecule has 1 aliphatic heterocycles. The lowest BCUT2D eigenvalue weighted by Gasteiger charge is -2.48. The van der Waals surface area contributed by atoms with E-state index in [1.54, 1.807) is 11.1 Å². The molecule has 3 aliphatic carbocycles. The van der Waals surface area contributed by atoms with Crippen molar-refractivity contribution < 1.29 is 10.2 Å². The second kappa shape index (κ2) is 7.46. The summed E-state index contributed by atoms with van der Waals surface area (Å²) in [7, 11) is 0. The lowest BCUT2D eigenvalue weighted by atomic mass is 9.57. The van der Waals surface area contributed by atoms with Crippen molar-refractivity contribution in [1.82, 2.24) is 5.32 Å². The summed E-state index contributed by atoms with van der Waals surface area (Å²) in [6.45, 7) is 10.3. The summed E-state index contributed by atoms with van der Waals surface area (Å²) in [5.74, 6) is 2.16. The zero-order valence-electron chi connectivity index (χ0n) is 19.1. The van der Waals surface area contributed by atoms with Gasteiger partial charge in [0.25, 0.3) is 0 Å². The Balaban J connectivity index is 1.44. The van der Waals surface area contributed by atoms with Gasteiger partial charge in [-0.25, -0.2) is 0 Å². The summed E-state index contributed by atoms with van der Waals surface area (Å²) < 4.78 is 0. The maximum Gasteiger partial charge on any atom is 0.0702 e. The topological polar surface area (TPSA) is 52.5 Å². The second-order valence-corrected chi connectivity index (χ2v) is 11.2. The number of aliphatic hydroxyl groups is 2. The molecule has 0 spiro atoms. The van der Waals surface area contributed by atoms with Crippen LogP contribution >= 0.6 is 0 Å². The molecule has 8 atom stereocenters. The summed E-state index contributed by atoms with van der Waals surface area (Å²) in [5.41, 5.74) is 7.79. The fourth-order valence-electron chi connectivity index (χ4n) is 7.49. The predicted octanol–water partition coefficient (Wildman–Crippen LogP) is 4.59. The number of hydrogen-bond donors (Lipinski definition) is 3. The Morgan fingerprint density at radius 3 is 2.77 bits per heavy atom. The predicted molar refractivity (Wildman–Crippen MR) is 122 cm³/mol. The van der Waals surface area contributed by atoms with E-state index in [0.717, 1.165) is 38.6 Å². The summed E-state index contributed by atoms with van der Waals surface area (Å²) in [4.78, 5) is 0. The second-order valence-electron chi connectivity index (χ2n) is 11.2. The van der Waals surface area contributed by atoms with E-state index in [2.05, 4.69) is 51.2 Å². The molecule has 5 rings (SSSR count). The maximum atomic E-state index is 10.7. The SMILES string of the molecule is Cc1c([C@H](C)C2NC[C@@H](C)C[C@H]2O)ccc2c1C[C@H]1[C@H]2CC=C2C[C@@H](O)CC[C@@]21C. The van der Waals surface area contributed by atoms with Crippen LogP contribution in [0.4, 0.5) is 0 Å². The van der Waals surface area contributed by atoms with Crippen molar-refractivity contribution in [1.29, 1.82) is 0 Å². The Morgan fingerprint density at radius 2 is 2.00 bits per heavy atom. The molecule has 0 radical (unpaired) electrons. The van der Waals surface area contributed by atoms with Crippen LogP contribution in [-0.4, -0.2) is 35.0 Å². The van der Waals surface area contributed by atoms with E-state index in [4.69, 9.17) is 0 Å². The minimum Gasteiger partial charge on any atom is -0.393 e. The molecule has 1 aromatic carbocycles. The first kappa shape index (κ1) is 20.7. The Morgan fingerprint density at radius 1 is 1.20 bits per heavy atom. The molecular weight excluding hydrogens is 370 g/mol. The molecule has 3 heteroatoms. The lowest BCUT2D eigenvalue weighted by molar-refractivity contribution is 0.0656. The van der Waals surface area contributed by atoms with E-state index in [1.165, 1.54) is 23.1 Å². The highest BCUT2D eigenvalue weighted by atomic mass is 16.3. The molecule has 1 saturated carbocycles. The van der Waals surface area contributed by atoms with Crippen molar-refractivity contribution >= 4 is 0 Å². The number of allylic oxidation sites excluding steroid dienone is 1. The van der Waals surface area contributed by atoms with E-state index in [-0.39, 0.29) is 23.7 Å². The number of hydrogen-bond acceptors (Lipinski definition) is 3. The minimum atomic E-state index is -0.265. The molecule has 1 heterocycles. The summed E-state index contributed by atoms with van der Waals surface area (Å²) >= 11 is 0. The van der Waals surface area contributed by atoms with Gasteiger partial charge in [-0.05, 0) is 103 Å². The summed E-state index contributed by atoms with van der Waals surface area (Å²) in [6.07, 6.45) is 8.20. The van der Waals surface area contributed by atoms with Crippen LogP contribution in [0.15, 0.2) is 23.8 Å². The van der Waals surface area contributed by atoms with Crippen molar-refractivity contribution in [3.05, 3.63) is 46.0 Å². The van der Waals surface area contributed by atoms with Crippen molar-refractivity contribution in [3.8, 4) is 0 Å². The maximum absolute atomic E-state index is 10.7. The average molecular weight is 410 g/mol. The van der Waals surface area contributed by atoms with E-state index in [9.17, 15) is 10.2 Å². The molecule has 3 N–H and O–H groups in total. The van der Waals surface area contributed by atoms with Gasteiger partial charge in [-0.2, -0.15) is 0 Å². The summed E-state index contributed by atoms with van der Waals surface area (Å²) in [6, 6.07) is 4.92. The Bertz CT molecular complexity index is 861. The highest BCUT2D eigenvalue weighted by Gasteiger charge is 2.50. The van der Waals surface area contributed by atoms with Gasteiger partial charge in [-0.1, -0.05) is 44.6 Å². The first-order chi connectivity index (χ1) is 14.3. The quantitative estimate of drug-likeness (QED) is 0.626. The molecule has 164 valence electrons.